The summed E-state index contributed by atoms with van der Waals surface area (Å²) in [7, 11) is 0. The molecule has 5 heteroatoms. The number of aliphatic hydroxyl groups is 1. The highest BCUT2D eigenvalue weighted by Gasteiger charge is 2.18. The number of pyridine rings is 1. The van der Waals surface area contributed by atoms with E-state index in [9.17, 15) is 9.50 Å². The Hall–Kier alpha value is -2.24. The van der Waals surface area contributed by atoms with E-state index in [4.69, 9.17) is 4.42 Å². The lowest BCUT2D eigenvalue weighted by molar-refractivity contribution is 0.191. The average molecular weight is 299 g/mol. The van der Waals surface area contributed by atoms with Gasteiger partial charge < -0.3 is 9.52 Å². The number of para-hydroxylation sites is 1. The third-order valence-corrected chi connectivity index (χ3v) is 4.28. The summed E-state index contributed by atoms with van der Waals surface area (Å²) in [6, 6.07) is 10.2. The van der Waals surface area contributed by atoms with Crippen LogP contribution in [0.4, 0.5) is 4.39 Å². The van der Waals surface area contributed by atoms with Crippen molar-refractivity contribution in [1.82, 2.24) is 4.98 Å². The van der Waals surface area contributed by atoms with E-state index < -0.39 is 11.9 Å². The summed E-state index contributed by atoms with van der Waals surface area (Å²) in [5.41, 5.74) is 1.69. The monoisotopic (exact) mass is 299 g/mol. The number of nitrogens with zero attached hydrogens (tertiary/aromatic N) is 1. The van der Waals surface area contributed by atoms with Crippen LogP contribution in [0, 0.1) is 5.82 Å². The molecule has 0 amide bonds. The molecule has 4 aromatic rings. The van der Waals surface area contributed by atoms with Crippen LogP contribution in [0.15, 0.2) is 52.4 Å². The van der Waals surface area contributed by atoms with Crippen LogP contribution in [0.5, 0.6) is 0 Å². The Balaban J connectivity index is 1.81. The summed E-state index contributed by atoms with van der Waals surface area (Å²) in [5.74, 6) is -0.120. The lowest BCUT2D eigenvalue weighted by Crippen LogP contribution is -1.98. The number of fused-ring (bicyclic) bond motifs is 2. The quantitative estimate of drug-likeness (QED) is 0.601. The van der Waals surface area contributed by atoms with E-state index in [-0.39, 0.29) is 5.58 Å². The number of thiophene rings is 1. The van der Waals surface area contributed by atoms with Gasteiger partial charge in [0.05, 0.1) is 10.2 Å². The zero-order valence-corrected chi connectivity index (χ0v) is 11.6. The van der Waals surface area contributed by atoms with E-state index in [1.165, 1.54) is 6.07 Å². The van der Waals surface area contributed by atoms with Crippen molar-refractivity contribution in [3.8, 4) is 0 Å². The third-order valence-electron chi connectivity index (χ3n) is 3.42. The molecule has 104 valence electrons. The van der Waals surface area contributed by atoms with Gasteiger partial charge in [-0.1, -0.05) is 12.1 Å². The first-order valence-corrected chi connectivity index (χ1v) is 7.29. The zero-order valence-electron chi connectivity index (χ0n) is 10.8. The van der Waals surface area contributed by atoms with Crippen molar-refractivity contribution in [2.75, 3.05) is 0 Å². The number of benzene rings is 1. The normalized spacial score (nSPS) is 13.0. The first-order valence-electron chi connectivity index (χ1n) is 6.41. The van der Waals surface area contributed by atoms with E-state index in [1.54, 1.807) is 35.7 Å². The summed E-state index contributed by atoms with van der Waals surface area (Å²) >= 11 is 1.56. The SMILES string of the molecule is OC(c1cnc2ccsc2c1)c1cc2cccc(F)c2o1. The highest BCUT2D eigenvalue weighted by atomic mass is 32.1. The molecular weight excluding hydrogens is 289 g/mol. The fraction of sp³-hybridized carbons (Fsp3) is 0.0625. The molecule has 0 spiro atoms. The summed E-state index contributed by atoms with van der Waals surface area (Å²) in [5, 5.41) is 13.0. The Labute approximate surface area is 123 Å². The minimum atomic E-state index is -0.962. The summed E-state index contributed by atoms with van der Waals surface area (Å²) in [6.45, 7) is 0. The van der Waals surface area contributed by atoms with Crippen LogP contribution in [0.2, 0.25) is 0 Å². The van der Waals surface area contributed by atoms with Crippen LogP contribution in [0.3, 0.4) is 0 Å². The topological polar surface area (TPSA) is 46.3 Å². The molecule has 0 aliphatic heterocycles. The van der Waals surface area contributed by atoms with Gasteiger partial charge in [0.15, 0.2) is 11.4 Å². The molecule has 1 unspecified atom stereocenters. The van der Waals surface area contributed by atoms with Gasteiger partial charge in [-0.15, -0.1) is 11.3 Å². The maximum Gasteiger partial charge on any atom is 0.170 e. The van der Waals surface area contributed by atoms with Crippen molar-refractivity contribution in [3.63, 3.8) is 0 Å². The summed E-state index contributed by atoms with van der Waals surface area (Å²) < 4.78 is 20.1. The maximum absolute atomic E-state index is 13.6. The zero-order chi connectivity index (χ0) is 14.4. The van der Waals surface area contributed by atoms with Crippen molar-refractivity contribution >= 4 is 32.5 Å². The smallest absolute Gasteiger partial charge is 0.170 e. The molecule has 0 radical (unpaired) electrons. The first kappa shape index (κ1) is 12.5. The van der Waals surface area contributed by atoms with Gasteiger partial charge in [-0.05, 0) is 29.6 Å². The van der Waals surface area contributed by atoms with E-state index in [0.717, 1.165) is 10.2 Å². The van der Waals surface area contributed by atoms with Crippen LogP contribution >= 0.6 is 11.3 Å². The van der Waals surface area contributed by atoms with Crippen LogP contribution in [0.1, 0.15) is 17.4 Å². The molecule has 4 rings (SSSR count). The number of rotatable bonds is 2. The van der Waals surface area contributed by atoms with Gasteiger partial charge in [0.2, 0.25) is 0 Å². The maximum atomic E-state index is 13.6. The van der Waals surface area contributed by atoms with Gasteiger partial charge in [-0.2, -0.15) is 0 Å². The predicted octanol–water partition coefficient (Wildman–Crippen LogP) is 4.26. The van der Waals surface area contributed by atoms with Crippen molar-refractivity contribution in [2.45, 2.75) is 6.10 Å². The van der Waals surface area contributed by atoms with Gasteiger partial charge in [-0.3, -0.25) is 4.98 Å². The molecule has 21 heavy (non-hydrogen) atoms. The molecule has 1 atom stereocenters. The fourth-order valence-corrected chi connectivity index (χ4v) is 3.15. The molecule has 3 nitrogen and oxygen atoms in total. The standard InChI is InChI=1S/C16H10FNO2S/c17-11-3-1-2-9-6-13(20-16(9)11)15(19)10-7-14-12(18-8-10)4-5-21-14/h1-8,15,19H. The summed E-state index contributed by atoms with van der Waals surface area (Å²) in [4.78, 5) is 4.29. The molecular formula is C16H10FNO2S. The Kier molecular flexibility index (Phi) is 2.77. The van der Waals surface area contributed by atoms with E-state index in [1.807, 2.05) is 17.5 Å². The lowest BCUT2D eigenvalue weighted by Gasteiger charge is -2.07. The van der Waals surface area contributed by atoms with Crippen LogP contribution in [0.25, 0.3) is 21.2 Å². The second-order valence-electron chi connectivity index (χ2n) is 4.78. The van der Waals surface area contributed by atoms with E-state index in [0.29, 0.717) is 16.7 Å². The largest absolute Gasteiger partial charge is 0.455 e. The van der Waals surface area contributed by atoms with Crippen molar-refractivity contribution in [1.29, 1.82) is 0 Å². The molecule has 3 aromatic heterocycles. The second kappa shape index (κ2) is 4.65. The fourth-order valence-electron chi connectivity index (χ4n) is 2.36. The van der Waals surface area contributed by atoms with Crippen molar-refractivity contribution < 1.29 is 13.9 Å². The highest BCUT2D eigenvalue weighted by molar-refractivity contribution is 7.17. The van der Waals surface area contributed by atoms with Gasteiger partial charge in [0.25, 0.3) is 0 Å². The highest BCUT2D eigenvalue weighted by Crippen LogP contribution is 2.31. The van der Waals surface area contributed by atoms with Gasteiger partial charge in [0.1, 0.15) is 11.9 Å². The molecule has 1 N–H and O–H groups in total. The van der Waals surface area contributed by atoms with Crippen molar-refractivity contribution in [3.05, 3.63) is 65.1 Å². The molecule has 1 aromatic carbocycles. The number of hydrogen-bond acceptors (Lipinski definition) is 4. The Morgan fingerprint density at radius 3 is 3.00 bits per heavy atom. The van der Waals surface area contributed by atoms with Crippen LogP contribution in [-0.2, 0) is 0 Å². The Morgan fingerprint density at radius 1 is 1.24 bits per heavy atom. The molecule has 3 heterocycles. The number of halogens is 1. The molecule has 0 aliphatic carbocycles. The van der Waals surface area contributed by atoms with Gasteiger partial charge in [-0.25, -0.2) is 4.39 Å². The second-order valence-corrected chi connectivity index (χ2v) is 5.73. The molecule has 0 saturated heterocycles. The van der Waals surface area contributed by atoms with Crippen LogP contribution < -0.4 is 0 Å². The minimum Gasteiger partial charge on any atom is -0.455 e. The number of hydrogen-bond donors (Lipinski definition) is 1. The molecule has 0 bridgehead atoms. The number of aromatic nitrogens is 1. The van der Waals surface area contributed by atoms with Gasteiger partial charge in [0, 0.05) is 17.1 Å². The lowest BCUT2D eigenvalue weighted by atomic mass is 10.1. The molecule has 0 aliphatic rings. The minimum absolute atomic E-state index is 0.164. The average Bonchev–Trinajstić information content (AvgIpc) is 3.12. The predicted molar refractivity (Wildman–Crippen MR) is 79.9 cm³/mol. The van der Waals surface area contributed by atoms with E-state index >= 15 is 0 Å². The Bertz CT molecular complexity index is 944. The molecule has 0 fully saturated rings. The molecule has 0 saturated carbocycles. The Morgan fingerprint density at radius 2 is 2.14 bits per heavy atom. The first-order chi connectivity index (χ1) is 10.2. The summed E-state index contributed by atoms with van der Waals surface area (Å²) in [6.07, 6.45) is 0.652. The number of aliphatic hydroxyl groups excluding tert-OH is 1. The van der Waals surface area contributed by atoms with Crippen LogP contribution in [-0.4, -0.2) is 10.1 Å². The van der Waals surface area contributed by atoms with E-state index in [2.05, 4.69) is 4.98 Å². The number of furan rings is 1. The third kappa shape index (κ3) is 2.02. The van der Waals surface area contributed by atoms with Crippen molar-refractivity contribution in [2.24, 2.45) is 0 Å². The van der Waals surface area contributed by atoms with Gasteiger partial charge >= 0.3 is 0 Å².